The van der Waals surface area contributed by atoms with Crippen molar-refractivity contribution in [1.82, 2.24) is 9.88 Å². The minimum Gasteiger partial charge on any atom is -0.465 e. The molecule has 1 heterocycles. The Bertz CT molecular complexity index is 393. The summed E-state index contributed by atoms with van der Waals surface area (Å²) in [5.41, 5.74) is 0. The summed E-state index contributed by atoms with van der Waals surface area (Å²) in [6.45, 7) is 6.37. The zero-order valence-electron chi connectivity index (χ0n) is 12.1. The number of ether oxygens (including phenoxy) is 1. The summed E-state index contributed by atoms with van der Waals surface area (Å²) in [4.78, 5) is 18.3. The number of unbranched alkanes of at least 4 members (excludes halogenated alkanes) is 1. The van der Waals surface area contributed by atoms with Crippen molar-refractivity contribution < 1.29 is 9.53 Å². The minimum absolute atomic E-state index is 0.330. The number of rotatable bonds is 8. The molecular weight excluding hydrogens is 262 g/mol. The highest BCUT2D eigenvalue weighted by atomic mass is 32.1. The molecule has 0 atom stereocenters. The molecule has 0 saturated heterocycles. The molecule has 0 fully saturated rings. The van der Waals surface area contributed by atoms with Gasteiger partial charge in [-0.25, -0.2) is 9.78 Å². The van der Waals surface area contributed by atoms with Crippen molar-refractivity contribution in [3.63, 3.8) is 0 Å². The first-order chi connectivity index (χ1) is 9.04. The molecule has 0 aliphatic rings. The van der Waals surface area contributed by atoms with E-state index in [1.807, 2.05) is 0 Å². The Morgan fingerprint density at radius 3 is 2.89 bits per heavy atom. The molecule has 1 N–H and O–H groups in total. The van der Waals surface area contributed by atoms with Crippen LogP contribution in [0.2, 0.25) is 0 Å². The van der Waals surface area contributed by atoms with Crippen molar-refractivity contribution in [2.45, 2.75) is 32.7 Å². The molecule has 0 amide bonds. The molecule has 108 valence electrons. The van der Waals surface area contributed by atoms with Gasteiger partial charge in [-0.05, 0) is 40.3 Å². The topological polar surface area (TPSA) is 54.5 Å². The maximum absolute atomic E-state index is 11.3. The van der Waals surface area contributed by atoms with E-state index < -0.39 is 0 Å². The van der Waals surface area contributed by atoms with Gasteiger partial charge in [-0.15, -0.1) is 0 Å². The lowest BCUT2D eigenvalue weighted by Crippen LogP contribution is -2.27. The van der Waals surface area contributed by atoms with Crippen LogP contribution in [-0.2, 0) is 4.74 Å². The number of carbonyl (C=O) groups is 1. The van der Waals surface area contributed by atoms with Crippen LogP contribution in [-0.4, -0.2) is 49.1 Å². The standard InChI is InChI=1S/C13H23N3O2S/c1-10(2)16(3)8-6-5-7-14-13-15-9-11(19-13)12(17)18-4/h9-10H,5-8H2,1-4H3,(H,14,15). The molecular formula is C13H23N3O2S. The van der Waals surface area contributed by atoms with Crippen LogP contribution < -0.4 is 5.32 Å². The fourth-order valence-electron chi connectivity index (χ4n) is 1.49. The van der Waals surface area contributed by atoms with Crippen molar-refractivity contribution >= 4 is 22.4 Å². The molecule has 0 aromatic carbocycles. The van der Waals surface area contributed by atoms with Crippen molar-refractivity contribution in [1.29, 1.82) is 0 Å². The van der Waals surface area contributed by atoms with E-state index in [-0.39, 0.29) is 5.97 Å². The number of nitrogens with one attached hydrogen (secondary N) is 1. The molecule has 19 heavy (non-hydrogen) atoms. The van der Waals surface area contributed by atoms with Crippen LogP contribution >= 0.6 is 11.3 Å². The zero-order chi connectivity index (χ0) is 14.3. The monoisotopic (exact) mass is 285 g/mol. The molecule has 0 radical (unpaired) electrons. The second-order valence-corrected chi connectivity index (χ2v) is 5.76. The third-order valence-corrected chi connectivity index (χ3v) is 3.92. The van der Waals surface area contributed by atoms with Crippen molar-refractivity contribution in [3.8, 4) is 0 Å². The van der Waals surface area contributed by atoms with Gasteiger partial charge in [0.2, 0.25) is 0 Å². The minimum atomic E-state index is -0.330. The maximum atomic E-state index is 11.3. The van der Waals surface area contributed by atoms with Crippen molar-refractivity contribution in [2.24, 2.45) is 0 Å². The van der Waals surface area contributed by atoms with E-state index in [0.29, 0.717) is 10.9 Å². The maximum Gasteiger partial charge on any atom is 0.349 e. The highest BCUT2D eigenvalue weighted by Gasteiger charge is 2.09. The average Bonchev–Trinajstić information content (AvgIpc) is 2.85. The number of hydrogen-bond acceptors (Lipinski definition) is 6. The summed E-state index contributed by atoms with van der Waals surface area (Å²) in [5.74, 6) is -0.330. The Morgan fingerprint density at radius 1 is 1.53 bits per heavy atom. The number of aromatic nitrogens is 1. The first-order valence-electron chi connectivity index (χ1n) is 6.53. The van der Waals surface area contributed by atoms with E-state index in [1.54, 1.807) is 6.20 Å². The molecule has 0 bridgehead atoms. The lowest BCUT2D eigenvalue weighted by atomic mass is 10.2. The lowest BCUT2D eigenvalue weighted by Gasteiger charge is -2.20. The summed E-state index contributed by atoms with van der Waals surface area (Å²) < 4.78 is 4.64. The summed E-state index contributed by atoms with van der Waals surface area (Å²) in [5, 5.41) is 4.00. The smallest absolute Gasteiger partial charge is 0.349 e. The van der Waals surface area contributed by atoms with E-state index in [0.717, 1.165) is 31.1 Å². The third kappa shape index (κ3) is 5.57. The first-order valence-corrected chi connectivity index (χ1v) is 7.34. The highest BCUT2D eigenvalue weighted by Crippen LogP contribution is 2.18. The first kappa shape index (κ1) is 15.9. The summed E-state index contributed by atoms with van der Waals surface area (Å²) in [7, 11) is 3.52. The largest absolute Gasteiger partial charge is 0.465 e. The van der Waals surface area contributed by atoms with E-state index >= 15 is 0 Å². The van der Waals surface area contributed by atoms with E-state index in [4.69, 9.17) is 0 Å². The van der Waals surface area contributed by atoms with Gasteiger partial charge in [0.1, 0.15) is 4.88 Å². The summed E-state index contributed by atoms with van der Waals surface area (Å²) in [6, 6.07) is 0.592. The highest BCUT2D eigenvalue weighted by molar-refractivity contribution is 7.17. The van der Waals surface area contributed by atoms with Crippen LogP contribution in [0.15, 0.2) is 6.20 Å². The number of esters is 1. The van der Waals surface area contributed by atoms with E-state index in [9.17, 15) is 4.79 Å². The third-order valence-electron chi connectivity index (χ3n) is 2.99. The zero-order valence-corrected chi connectivity index (χ0v) is 12.9. The van der Waals surface area contributed by atoms with Crippen LogP contribution in [0.4, 0.5) is 5.13 Å². The Morgan fingerprint density at radius 2 is 2.26 bits per heavy atom. The lowest BCUT2D eigenvalue weighted by molar-refractivity contribution is 0.0606. The van der Waals surface area contributed by atoms with Gasteiger partial charge in [-0.2, -0.15) is 0 Å². The average molecular weight is 285 g/mol. The molecule has 5 nitrogen and oxygen atoms in total. The van der Waals surface area contributed by atoms with Gasteiger partial charge < -0.3 is 15.0 Å². The Hall–Kier alpha value is -1.14. The van der Waals surface area contributed by atoms with Crippen LogP contribution in [0.5, 0.6) is 0 Å². The van der Waals surface area contributed by atoms with E-state index in [2.05, 4.69) is 40.8 Å². The van der Waals surface area contributed by atoms with Gasteiger partial charge in [0.15, 0.2) is 5.13 Å². The molecule has 0 aliphatic carbocycles. The van der Waals surface area contributed by atoms with Crippen LogP contribution in [0, 0.1) is 0 Å². The Labute approximate surface area is 119 Å². The molecule has 0 spiro atoms. The quantitative estimate of drug-likeness (QED) is 0.587. The van der Waals surface area contributed by atoms with Crippen molar-refractivity contribution in [2.75, 3.05) is 32.6 Å². The number of hydrogen-bond donors (Lipinski definition) is 1. The fourth-order valence-corrected chi connectivity index (χ4v) is 2.25. The summed E-state index contributed by atoms with van der Waals surface area (Å²) >= 11 is 1.33. The van der Waals surface area contributed by atoms with E-state index in [1.165, 1.54) is 18.4 Å². The number of methoxy groups -OCH3 is 1. The summed E-state index contributed by atoms with van der Waals surface area (Å²) in [6.07, 6.45) is 3.78. The van der Waals surface area contributed by atoms with Gasteiger partial charge in [0.05, 0.1) is 13.3 Å². The van der Waals surface area contributed by atoms with Gasteiger partial charge >= 0.3 is 5.97 Å². The van der Waals surface area contributed by atoms with Crippen LogP contribution in [0.1, 0.15) is 36.4 Å². The molecule has 1 rings (SSSR count). The SMILES string of the molecule is COC(=O)c1cnc(NCCCCN(C)C(C)C)s1. The van der Waals surface area contributed by atoms with Crippen LogP contribution in [0.3, 0.4) is 0 Å². The predicted molar refractivity (Wildman–Crippen MR) is 78.9 cm³/mol. The van der Waals surface area contributed by atoms with Gasteiger partial charge in [-0.3, -0.25) is 0 Å². The Kier molecular flexibility index (Phi) is 6.80. The number of thiazole rings is 1. The Balaban J connectivity index is 2.19. The normalized spacial score (nSPS) is 11.1. The fraction of sp³-hybridized carbons (Fsp3) is 0.692. The van der Waals surface area contributed by atoms with Gasteiger partial charge in [0.25, 0.3) is 0 Å². The molecule has 0 saturated carbocycles. The molecule has 6 heteroatoms. The molecule has 0 aliphatic heterocycles. The van der Waals surface area contributed by atoms with Gasteiger partial charge in [0, 0.05) is 12.6 Å². The molecule has 1 aromatic heterocycles. The number of carbonyl (C=O) groups excluding carboxylic acids is 1. The predicted octanol–water partition coefficient (Wildman–Crippen LogP) is 2.46. The number of nitrogens with zero attached hydrogens (tertiary/aromatic N) is 2. The van der Waals surface area contributed by atoms with Crippen molar-refractivity contribution in [3.05, 3.63) is 11.1 Å². The molecule has 0 unspecified atom stereocenters. The molecule has 1 aromatic rings. The second kappa shape index (κ2) is 8.12. The number of anilines is 1. The van der Waals surface area contributed by atoms with Crippen LogP contribution in [0.25, 0.3) is 0 Å². The van der Waals surface area contributed by atoms with Gasteiger partial charge in [-0.1, -0.05) is 11.3 Å². The second-order valence-electron chi connectivity index (χ2n) is 4.73.